The first-order valence-corrected chi connectivity index (χ1v) is 39.6. The van der Waals surface area contributed by atoms with Gasteiger partial charge in [-0.05, 0) is 132 Å². The quantitative estimate of drug-likeness (QED) is 0.203. The second-order valence-corrected chi connectivity index (χ2v) is 33.0. The molecule has 0 aromatic rings. The lowest BCUT2D eigenvalue weighted by molar-refractivity contribution is -0.219. The van der Waals surface area contributed by atoms with Crippen molar-refractivity contribution in [2.24, 2.45) is 41.4 Å². The molecule has 4 aliphatic carbocycles. The van der Waals surface area contributed by atoms with Gasteiger partial charge < -0.3 is 64.8 Å². The predicted octanol–water partition coefficient (Wildman–Crippen LogP) is 5.90. The molecule has 4 heterocycles. The van der Waals surface area contributed by atoms with E-state index in [0.29, 0.717) is 64.2 Å². The minimum Gasteiger partial charge on any atom is -0.378 e. The monoisotopic (exact) mass is 1570 g/mol. The van der Waals surface area contributed by atoms with E-state index in [4.69, 9.17) is 4.74 Å². The van der Waals surface area contributed by atoms with E-state index in [2.05, 4.69) is 16.0 Å². The molecule has 0 aromatic carbocycles. The summed E-state index contributed by atoms with van der Waals surface area (Å²) in [5, 5.41) is 8.29. The minimum absolute atomic E-state index is 0.000897. The van der Waals surface area contributed by atoms with Gasteiger partial charge in [-0.1, -0.05) is 72.6 Å². The number of Topliss-reactive ketones (excluding diaryl/α,β-unsaturated/α-hetero) is 1. The Hall–Kier alpha value is -7.29. The highest BCUT2D eigenvalue weighted by Gasteiger charge is 2.56. The van der Waals surface area contributed by atoms with Gasteiger partial charge in [-0.15, -0.1) is 0 Å². The fraction of sp³-hybridized carbons (Fsp3) is 0.829. The van der Waals surface area contributed by atoms with E-state index in [1.807, 2.05) is 13.8 Å². The lowest BCUT2D eigenvalue weighted by Gasteiger charge is -2.42. The summed E-state index contributed by atoms with van der Waals surface area (Å²) in [6.45, 7) is 5.18. The van der Waals surface area contributed by atoms with Crippen LogP contribution in [0.15, 0.2) is 0 Å². The number of halogens is 8. The molecule has 8 aliphatic rings. The fourth-order valence-corrected chi connectivity index (χ4v) is 18.0. The molecule has 4 saturated carbocycles. The largest absolute Gasteiger partial charge is 0.397 e. The summed E-state index contributed by atoms with van der Waals surface area (Å²) in [4.78, 5) is 206. The normalized spacial score (nSPS) is 31.8. The van der Waals surface area contributed by atoms with Crippen LogP contribution >= 0.6 is 0 Å². The van der Waals surface area contributed by atoms with Crippen molar-refractivity contribution in [3.05, 3.63) is 0 Å². The number of nitrogens with zero attached hydrogens (tertiary/aromatic N) is 9. The summed E-state index contributed by atoms with van der Waals surface area (Å²) in [5.74, 6) is -18.2. The highest BCUT2D eigenvalue weighted by atomic mass is 19.4. The summed E-state index contributed by atoms with van der Waals surface area (Å²) in [7, 11) is 8.00. The Labute approximate surface area is 639 Å². The van der Waals surface area contributed by atoms with Crippen LogP contribution in [0.2, 0.25) is 0 Å². The number of fused-ring (bicyclic) bond motifs is 3. The number of ether oxygens (including phenoxy) is 1. The molecule has 0 radical (unpaired) electrons. The van der Waals surface area contributed by atoms with Crippen LogP contribution in [0.3, 0.4) is 0 Å². The van der Waals surface area contributed by atoms with Gasteiger partial charge in [0, 0.05) is 68.3 Å². The molecule has 26 nitrogen and oxygen atoms in total. The Kier molecular flexibility index (Phi) is 30.5. The highest BCUT2D eigenvalue weighted by molar-refractivity contribution is 6.04. The molecule has 110 heavy (non-hydrogen) atoms. The van der Waals surface area contributed by atoms with E-state index in [-0.39, 0.29) is 103 Å². The number of nitrogens with one attached hydrogen (secondary N) is 3. The molecule has 3 N–H and O–H groups in total. The van der Waals surface area contributed by atoms with Gasteiger partial charge >= 0.3 is 12.4 Å². The van der Waals surface area contributed by atoms with Gasteiger partial charge in [0.25, 0.3) is 0 Å². The SMILES string of the molecule is CC[C@H](C)[C@@H]1NC(=O)[C@H](CC(C)C)N(C)C(=O)C[C@@H](C(=O)N2CCOCC2)N(C)C(=O)[C@H](C2CCCC2)N(C)C(=O)C2(CCCC2)NC(=O)[C@@H]2CC(=O)CN2C(=O)[C@H](CCC2CC(F)C(C(F)(F)F)C(F)C2)NC(=O)CN(C)C(=O)[C@H](CC2CCC(C(F)(F)F)CC2)N2CCCCC[C@@H](C2=O)N(C)C(=O)CN(C)C1=O. The first-order valence-electron chi connectivity index (χ1n) is 39.6. The van der Waals surface area contributed by atoms with Crippen molar-refractivity contribution in [2.75, 3.05) is 94.8 Å². The van der Waals surface area contributed by atoms with Gasteiger partial charge in [-0.25, -0.2) is 8.78 Å². The van der Waals surface area contributed by atoms with Gasteiger partial charge in [0.2, 0.25) is 70.9 Å². The molecule has 0 aromatic heterocycles. The molecule has 4 saturated heterocycles. The number of rotatable bonds is 11. The van der Waals surface area contributed by atoms with Crippen LogP contribution in [-0.2, 0) is 67.1 Å². The molecule has 2 unspecified atom stereocenters. The molecular weight excluding hydrogens is 1460 g/mol. The molecule has 12 amide bonds. The topological polar surface area (TPSA) is 296 Å². The third-order valence-corrected chi connectivity index (χ3v) is 24.8. The zero-order valence-electron chi connectivity index (χ0n) is 65.4. The second-order valence-electron chi connectivity index (χ2n) is 33.0. The van der Waals surface area contributed by atoms with E-state index in [1.165, 1.54) is 61.9 Å². The van der Waals surface area contributed by atoms with E-state index >= 15 is 51.9 Å². The van der Waals surface area contributed by atoms with Gasteiger partial charge in [0.05, 0.1) is 45.2 Å². The maximum absolute atomic E-state index is 15.7. The molecule has 1 spiro atoms. The Balaban J connectivity index is 1.20. The number of morpholine rings is 1. The zero-order valence-corrected chi connectivity index (χ0v) is 65.4. The number of ketones is 1. The molecule has 4 aliphatic heterocycles. The van der Waals surface area contributed by atoms with Crippen molar-refractivity contribution in [2.45, 2.75) is 267 Å². The number of hydrogen-bond acceptors (Lipinski definition) is 14. The Morgan fingerprint density at radius 1 is 0.564 bits per heavy atom. The van der Waals surface area contributed by atoms with Crippen LogP contribution in [-0.4, -0.2) is 294 Å². The van der Waals surface area contributed by atoms with Crippen LogP contribution in [0.4, 0.5) is 35.1 Å². The van der Waals surface area contributed by atoms with Crippen molar-refractivity contribution in [3.63, 3.8) is 0 Å². The van der Waals surface area contributed by atoms with Crippen molar-refractivity contribution in [1.29, 1.82) is 0 Å². The maximum atomic E-state index is 15.7. The third-order valence-electron chi connectivity index (χ3n) is 24.8. The van der Waals surface area contributed by atoms with Crippen LogP contribution in [0, 0.1) is 41.4 Å². The van der Waals surface area contributed by atoms with Crippen LogP contribution in [0.25, 0.3) is 0 Å². The van der Waals surface area contributed by atoms with E-state index in [9.17, 15) is 45.5 Å². The molecule has 34 heteroatoms. The van der Waals surface area contributed by atoms with Gasteiger partial charge in [0.15, 0.2) is 5.78 Å². The van der Waals surface area contributed by atoms with Crippen molar-refractivity contribution >= 4 is 76.7 Å². The molecule has 2 bridgehead atoms. The third kappa shape index (κ3) is 21.3. The van der Waals surface area contributed by atoms with E-state index < -0.39 is 242 Å². The average molecular weight is 1570 g/mol. The number of carbonyl (C=O) groups is 13. The summed E-state index contributed by atoms with van der Waals surface area (Å²) in [6.07, 6.45) is -15.2. The van der Waals surface area contributed by atoms with E-state index in [1.54, 1.807) is 13.8 Å². The Morgan fingerprint density at radius 2 is 1.17 bits per heavy atom. The molecule has 620 valence electrons. The van der Waals surface area contributed by atoms with Gasteiger partial charge in [0.1, 0.15) is 72.1 Å². The number of likely N-dealkylation sites (N-methyl/N-ethyl adjacent to an activating group) is 6. The summed E-state index contributed by atoms with van der Waals surface area (Å²) in [6, 6.07) is -11.7. The second kappa shape index (κ2) is 38.0. The number of amides is 12. The Morgan fingerprint density at radius 3 is 1.76 bits per heavy atom. The number of alkyl halides is 8. The highest BCUT2D eigenvalue weighted by Crippen LogP contribution is 2.46. The minimum atomic E-state index is -5.24. The molecular formula is C76H116F8N12O14. The fourth-order valence-electron chi connectivity index (χ4n) is 18.0. The summed E-state index contributed by atoms with van der Waals surface area (Å²) < 4.78 is 121. The lowest BCUT2D eigenvalue weighted by atomic mass is 9.76. The van der Waals surface area contributed by atoms with Crippen molar-refractivity contribution < 1.29 is 102 Å². The molecule has 11 atom stereocenters. The predicted molar refractivity (Wildman–Crippen MR) is 384 cm³/mol. The number of carbonyl (C=O) groups excluding carboxylic acids is 13. The van der Waals surface area contributed by atoms with Crippen LogP contribution < -0.4 is 16.0 Å². The molecule has 8 rings (SSSR count). The lowest BCUT2D eigenvalue weighted by Crippen LogP contribution is -2.65. The first-order chi connectivity index (χ1) is 51.7. The first kappa shape index (κ1) is 88.3. The summed E-state index contributed by atoms with van der Waals surface area (Å²) in [5.41, 5.74) is -1.79. The smallest absolute Gasteiger partial charge is 0.378 e. The molecule has 8 fully saturated rings. The van der Waals surface area contributed by atoms with E-state index in [0.717, 1.165) is 24.5 Å². The van der Waals surface area contributed by atoms with Gasteiger partial charge in [-0.2, -0.15) is 26.3 Å². The number of hydrogen-bond donors (Lipinski definition) is 3. The Bertz CT molecular complexity index is 3300. The zero-order chi connectivity index (χ0) is 81.2. The van der Waals surface area contributed by atoms with Crippen molar-refractivity contribution in [1.82, 2.24) is 60.0 Å². The summed E-state index contributed by atoms with van der Waals surface area (Å²) >= 11 is 0. The average Bonchev–Trinajstić information content (AvgIpc) is 1.53. The van der Waals surface area contributed by atoms with Gasteiger partial charge in [-0.3, -0.25) is 62.3 Å². The standard InChI is InChI=1S/C76H116F8N12O14/c1-11-45(4)63-71(107)89(6)43-61(100)90(7)54-21-13-12-18-30-95(70(54)106)58(38-46-22-25-49(26-23-46)75(79,80)81)68(104)88(5)42-59(98)85-53(27-24-47-36-51(77)62(52(78)37-47)76(82,83)84)67(103)96-41-50(97)39-56(96)66(102)87-74(28-16-17-29-74)73(109)93(10)64(48-19-14-15-20-48)72(108)92(9)57(69(105)94-31-33-110-34-32-94)40-60(99)91(8)55(35-44(2)3)65(101)86-63/h44-49,51-58,62-64H,11-43H2,1-10H3,(H,85,98)(H,86,101)(H,87,102)/t45-,46?,47?,49?,51?,52?,53-,54-,55-,56-,57-,58-,62?,63-,64-/m0/s1. The van der Waals surface area contributed by atoms with Crippen LogP contribution in [0.5, 0.6) is 0 Å². The van der Waals surface area contributed by atoms with Crippen LogP contribution in [0.1, 0.15) is 188 Å². The van der Waals surface area contributed by atoms with Crippen molar-refractivity contribution in [3.8, 4) is 0 Å². The maximum Gasteiger partial charge on any atom is 0.397 e.